The van der Waals surface area contributed by atoms with Crippen molar-refractivity contribution in [2.45, 2.75) is 13.0 Å². The Kier molecular flexibility index (Phi) is 2.90. The van der Waals surface area contributed by atoms with E-state index in [0.29, 0.717) is 16.9 Å². The molecule has 0 bridgehead atoms. The Morgan fingerprint density at radius 2 is 2.30 bits per heavy atom. The summed E-state index contributed by atoms with van der Waals surface area (Å²) in [4.78, 5) is 23.1. The average Bonchev–Trinajstić information content (AvgIpc) is 3.05. The Hall–Kier alpha value is -2.77. The maximum absolute atomic E-state index is 12.2. The van der Waals surface area contributed by atoms with Crippen LogP contribution in [0.25, 0.3) is 11.0 Å². The van der Waals surface area contributed by atoms with E-state index in [1.54, 1.807) is 37.1 Å². The predicted octanol–water partition coefficient (Wildman–Crippen LogP) is 1.00. The summed E-state index contributed by atoms with van der Waals surface area (Å²) < 4.78 is 7.07. The zero-order valence-corrected chi connectivity index (χ0v) is 10.9. The number of rotatable bonds is 3. The molecule has 3 heterocycles. The number of esters is 1. The average molecular weight is 272 g/mol. The van der Waals surface area contributed by atoms with Gasteiger partial charge in [0.2, 0.25) is 0 Å². The van der Waals surface area contributed by atoms with Crippen LogP contribution in [0, 0.1) is 0 Å². The number of fused-ring (bicyclic) bond motifs is 1. The molecule has 102 valence electrons. The maximum atomic E-state index is 12.2. The highest BCUT2D eigenvalue weighted by Crippen LogP contribution is 2.18. The predicted molar refractivity (Wildman–Crippen MR) is 68.7 cm³/mol. The fourth-order valence-electron chi connectivity index (χ4n) is 1.96. The van der Waals surface area contributed by atoms with Crippen molar-refractivity contribution >= 4 is 17.0 Å². The fraction of sp³-hybridized carbons (Fsp3) is 0.250. The number of carbonyl (C=O) groups excluding carboxylic acids is 1. The lowest BCUT2D eigenvalue weighted by atomic mass is 10.3. The van der Waals surface area contributed by atoms with Gasteiger partial charge in [0.05, 0.1) is 5.39 Å². The smallest absolute Gasteiger partial charge is 0.358 e. The number of H-pyrrole nitrogens is 1. The Labute approximate surface area is 113 Å². The maximum Gasteiger partial charge on any atom is 0.358 e. The van der Waals surface area contributed by atoms with Crippen LogP contribution in [0.2, 0.25) is 0 Å². The van der Waals surface area contributed by atoms with Gasteiger partial charge in [0.25, 0.3) is 0 Å². The van der Waals surface area contributed by atoms with Crippen LogP contribution in [-0.4, -0.2) is 35.7 Å². The first-order valence-corrected chi connectivity index (χ1v) is 6.00. The van der Waals surface area contributed by atoms with Gasteiger partial charge in [-0.3, -0.25) is 0 Å². The molecular weight excluding hydrogens is 260 g/mol. The summed E-state index contributed by atoms with van der Waals surface area (Å²) in [6.45, 7) is 1.73. The third kappa shape index (κ3) is 2.00. The van der Waals surface area contributed by atoms with Crippen molar-refractivity contribution in [3.63, 3.8) is 0 Å². The highest BCUT2D eigenvalue weighted by Gasteiger charge is 2.20. The summed E-state index contributed by atoms with van der Waals surface area (Å²) in [5.74, 6) is 0.0465. The van der Waals surface area contributed by atoms with Gasteiger partial charge in [-0.1, -0.05) is 0 Å². The van der Waals surface area contributed by atoms with Crippen LogP contribution in [0.15, 0.2) is 24.9 Å². The molecule has 0 saturated carbocycles. The molecule has 0 aliphatic carbocycles. The van der Waals surface area contributed by atoms with Crippen LogP contribution >= 0.6 is 0 Å². The van der Waals surface area contributed by atoms with E-state index < -0.39 is 12.1 Å². The van der Waals surface area contributed by atoms with E-state index in [1.807, 2.05) is 0 Å². The summed E-state index contributed by atoms with van der Waals surface area (Å²) in [6, 6.07) is 1.74. The number of hydrogen-bond acceptors (Lipinski definition) is 6. The molecule has 0 fully saturated rings. The van der Waals surface area contributed by atoms with Crippen LogP contribution in [-0.2, 0) is 11.8 Å². The van der Waals surface area contributed by atoms with Crippen LogP contribution in [0.1, 0.15) is 29.3 Å². The Morgan fingerprint density at radius 1 is 1.45 bits per heavy atom. The monoisotopic (exact) mass is 272 g/mol. The van der Waals surface area contributed by atoms with E-state index in [9.17, 15) is 4.79 Å². The third-order valence-electron chi connectivity index (χ3n) is 2.94. The molecule has 1 N–H and O–H groups in total. The number of ether oxygens (including phenoxy) is 1. The normalized spacial score (nSPS) is 12.5. The highest BCUT2D eigenvalue weighted by molar-refractivity contribution is 6.00. The number of nitrogens with zero attached hydrogens (tertiary/aromatic N) is 5. The summed E-state index contributed by atoms with van der Waals surface area (Å²) >= 11 is 0. The zero-order chi connectivity index (χ0) is 14.1. The van der Waals surface area contributed by atoms with Crippen molar-refractivity contribution in [3.8, 4) is 0 Å². The first kappa shape index (κ1) is 12.3. The lowest BCUT2D eigenvalue weighted by molar-refractivity contribution is 0.0309. The number of carbonyl (C=O) groups is 1. The molecule has 3 aromatic rings. The van der Waals surface area contributed by atoms with Gasteiger partial charge in [-0.2, -0.15) is 0 Å². The molecule has 1 unspecified atom stereocenters. The molecular formula is C12H12N6O2. The van der Waals surface area contributed by atoms with Crippen LogP contribution < -0.4 is 0 Å². The molecule has 3 rings (SSSR count). The van der Waals surface area contributed by atoms with Crippen molar-refractivity contribution < 1.29 is 9.53 Å². The van der Waals surface area contributed by atoms with Gasteiger partial charge < -0.3 is 14.3 Å². The SMILES string of the molecule is CC(OC(=O)c1ncnc2[nH]ccc12)c1nncn1C. The molecule has 0 aromatic carbocycles. The van der Waals surface area contributed by atoms with Gasteiger partial charge >= 0.3 is 5.97 Å². The summed E-state index contributed by atoms with van der Waals surface area (Å²) in [7, 11) is 1.79. The largest absolute Gasteiger partial charge is 0.450 e. The molecule has 3 aromatic heterocycles. The molecule has 0 spiro atoms. The molecule has 0 amide bonds. The molecule has 0 aliphatic rings. The summed E-state index contributed by atoms with van der Waals surface area (Å²) in [5, 5.41) is 8.29. The van der Waals surface area contributed by atoms with Gasteiger partial charge in [0.1, 0.15) is 18.3 Å². The Bertz CT molecular complexity index is 762. The second-order valence-corrected chi connectivity index (χ2v) is 4.31. The molecule has 0 aliphatic heterocycles. The topological polar surface area (TPSA) is 98.6 Å². The quantitative estimate of drug-likeness (QED) is 0.714. The zero-order valence-electron chi connectivity index (χ0n) is 10.9. The number of aryl methyl sites for hydroxylation is 1. The Morgan fingerprint density at radius 3 is 3.05 bits per heavy atom. The molecule has 20 heavy (non-hydrogen) atoms. The van der Waals surface area contributed by atoms with Gasteiger partial charge in [0, 0.05) is 13.2 Å². The minimum Gasteiger partial charge on any atom is -0.450 e. The van der Waals surface area contributed by atoms with E-state index in [0.717, 1.165) is 0 Å². The van der Waals surface area contributed by atoms with Crippen LogP contribution in [0.4, 0.5) is 0 Å². The number of aromatic nitrogens is 6. The first-order chi connectivity index (χ1) is 9.66. The minimum absolute atomic E-state index is 0.227. The number of aromatic amines is 1. The lowest BCUT2D eigenvalue weighted by Crippen LogP contribution is -2.14. The second kappa shape index (κ2) is 4.72. The van der Waals surface area contributed by atoms with Crippen molar-refractivity contribution in [2.24, 2.45) is 7.05 Å². The van der Waals surface area contributed by atoms with Gasteiger partial charge in [0.15, 0.2) is 17.6 Å². The van der Waals surface area contributed by atoms with E-state index in [1.165, 1.54) is 6.33 Å². The van der Waals surface area contributed by atoms with Gasteiger partial charge in [-0.25, -0.2) is 14.8 Å². The van der Waals surface area contributed by atoms with E-state index in [2.05, 4.69) is 25.1 Å². The third-order valence-corrected chi connectivity index (χ3v) is 2.94. The summed E-state index contributed by atoms with van der Waals surface area (Å²) in [5.41, 5.74) is 0.823. The van der Waals surface area contributed by atoms with Crippen molar-refractivity contribution in [2.75, 3.05) is 0 Å². The highest BCUT2D eigenvalue weighted by atomic mass is 16.5. The van der Waals surface area contributed by atoms with Crippen molar-refractivity contribution in [1.29, 1.82) is 0 Å². The standard InChI is InChI=1S/C12H12N6O2/c1-7(11-17-16-6-18(11)2)20-12(19)9-8-3-4-13-10(8)15-5-14-9/h3-7H,1-2H3,(H,13,14,15). The van der Waals surface area contributed by atoms with Gasteiger partial charge in [-0.05, 0) is 13.0 Å². The van der Waals surface area contributed by atoms with E-state index in [-0.39, 0.29) is 5.69 Å². The van der Waals surface area contributed by atoms with Crippen molar-refractivity contribution in [1.82, 2.24) is 29.7 Å². The van der Waals surface area contributed by atoms with Crippen LogP contribution in [0.5, 0.6) is 0 Å². The molecule has 0 saturated heterocycles. The van der Waals surface area contributed by atoms with Crippen molar-refractivity contribution in [3.05, 3.63) is 36.4 Å². The fourth-order valence-corrected chi connectivity index (χ4v) is 1.96. The first-order valence-electron chi connectivity index (χ1n) is 6.00. The molecule has 1 atom stereocenters. The second-order valence-electron chi connectivity index (χ2n) is 4.31. The lowest BCUT2D eigenvalue weighted by Gasteiger charge is -2.12. The minimum atomic E-state index is -0.521. The van der Waals surface area contributed by atoms with E-state index >= 15 is 0 Å². The molecule has 0 radical (unpaired) electrons. The van der Waals surface area contributed by atoms with Gasteiger partial charge in [-0.15, -0.1) is 10.2 Å². The number of hydrogen-bond donors (Lipinski definition) is 1. The number of nitrogens with one attached hydrogen (secondary N) is 1. The molecule has 8 nitrogen and oxygen atoms in total. The molecule has 8 heteroatoms. The Balaban J connectivity index is 1.86. The van der Waals surface area contributed by atoms with E-state index in [4.69, 9.17) is 4.74 Å². The summed E-state index contributed by atoms with van der Waals surface area (Å²) in [6.07, 6.45) is 4.05. The van der Waals surface area contributed by atoms with Crippen LogP contribution in [0.3, 0.4) is 0 Å².